The molecule has 1 fully saturated rings. The minimum Gasteiger partial charge on any atom is -0.465 e. The van der Waals surface area contributed by atoms with E-state index in [0.29, 0.717) is 25.4 Å². The highest BCUT2D eigenvalue weighted by Gasteiger charge is 2.38. The van der Waals surface area contributed by atoms with E-state index in [1.807, 2.05) is 0 Å². The van der Waals surface area contributed by atoms with Crippen LogP contribution in [0.2, 0.25) is 0 Å². The molecule has 1 saturated heterocycles. The van der Waals surface area contributed by atoms with Crippen molar-refractivity contribution in [2.45, 2.75) is 12.0 Å². The molecule has 2 heterocycles. The third kappa shape index (κ3) is 1.20. The van der Waals surface area contributed by atoms with Crippen LogP contribution in [0.1, 0.15) is 12.2 Å². The first kappa shape index (κ1) is 8.29. The fraction of sp³-hybridized carbons (Fsp3) is 0.500. The van der Waals surface area contributed by atoms with Crippen molar-refractivity contribution >= 4 is 15.9 Å². The molecule has 1 atom stereocenters. The van der Waals surface area contributed by atoms with Gasteiger partial charge in [0.15, 0.2) is 5.76 Å². The van der Waals surface area contributed by atoms with E-state index in [9.17, 15) is 5.11 Å². The van der Waals surface area contributed by atoms with E-state index in [4.69, 9.17) is 9.15 Å². The van der Waals surface area contributed by atoms with Gasteiger partial charge in [-0.2, -0.15) is 0 Å². The van der Waals surface area contributed by atoms with Gasteiger partial charge in [-0.25, -0.2) is 0 Å². The zero-order valence-corrected chi connectivity index (χ0v) is 8.00. The van der Waals surface area contributed by atoms with Gasteiger partial charge in [0, 0.05) is 6.42 Å². The summed E-state index contributed by atoms with van der Waals surface area (Å²) < 4.78 is 11.1. The fourth-order valence-electron chi connectivity index (χ4n) is 1.36. The quantitative estimate of drug-likeness (QED) is 0.801. The van der Waals surface area contributed by atoms with Crippen molar-refractivity contribution in [3.8, 4) is 0 Å². The number of ether oxygens (including phenoxy) is 1. The summed E-state index contributed by atoms with van der Waals surface area (Å²) in [6.07, 6.45) is 2.15. The average molecular weight is 233 g/mol. The van der Waals surface area contributed by atoms with E-state index in [-0.39, 0.29) is 0 Å². The SMILES string of the molecule is OC1(c2occc2Br)CCOC1. The Kier molecular flexibility index (Phi) is 1.98. The van der Waals surface area contributed by atoms with Crippen LogP contribution in [0, 0.1) is 0 Å². The highest BCUT2D eigenvalue weighted by atomic mass is 79.9. The van der Waals surface area contributed by atoms with Gasteiger partial charge in [0.25, 0.3) is 0 Å². The van der Waals surface area contributed by atoms with Crippen molar-refractivity contribution in [2.24, 2.45) is 0 Å². The molecule has 0 saturated carbocycles. The van der Waals surface area contributed by atoms with E-state index in [1.54, 1.807) is 12.3 Å². The number of hydrogen-bond acceptors (Lipinski definition) is 3. The Morgan fingerprint density at radius 1 is 1.58 bits per heavy atom. The smallest absolute Gasteiger partial charge is 0.151 e. The molecule has 0 aromatic carbocycles. The van der Waals surface area contributed by atoms with Gasteiger partial charge in [-0.1, -0.05) is 0 Å². The third-order valence-electron chi connectivity index (χ3n) is 2.04. The second-order valence-electron chi connectivity index (χ2n) is 2.93. The Bertz CT molecular complexity index is 276. The lowest BCUT2D eigenvalue weighted by Gasteiger charge is -2.17. The standard InChI is InChI=1S/C8H9BrO3/c9-6-1-3-12-7(6)8(10)2-4-11-5-8/h1,3,10H,2,4-5H2. The van der Waals surface area contributed by atoms with Crippen LogP contribution in [-0.2, 0) is 10.3 Å². The molecule has 4 heteroatoms. The monoisotopic (exact) mass is 232 g/mol. The highest BCUT2D eigenvalue weighted by Crippen LogP contribution is 2.35. The molecule has 1 aliphatic heterocycles. The van der Waals surface area contributed by atoms with Gasteiger partial charge in [-0.15, -0.1) is 0 Å². The van der Waals surface area contributed by atoms with Crippen LogP contribution in [-0.4, -0.2) is 18.3 Å². The maximum atomic E-state index is 9.98. The van der Waals surface area contributed by atoms with Crippen LogP contribution in [0.3, 0.4) is 0 Å². The van der Waals surface area contributed by atoms with Crippen molar-refractivity contribution in [2.75, 3.05) is 13.2 Å². The molecule has 0 radical (unpaired) electrons. The predicted octanol–water partition coefficient (Wildman–Crippen LogP) is 1.65. The normalized spacial score (nSPS) is 29.5. The molecule has 12 heavy (non-hydrogen) atoms. The van der Waals surface area contributed by atoms with Gasteiger partial charge >= 0.3 is 0 Å². The van der Waals surface area contributed by atoms with E-state index in [2.05, 4.69) is 15.9 Å². The van der Waals surface area contributed by atoms with Crippen molar-refractivity contribution in [3.05, 3.63) is 22.6 Å². The summed E-state index contributed by atoms with van der Waals surface area (Å²) in [5, 5.41) is 9.98. The summed E-state index contributed by atoms with van der Waals surface area (Å²) in [7, 11) is 0. The molecule has 66 valence electrons. The molecule has 1 N–H and O–H groups in total. The molecule has 1 aromatic heterocycles. The molecular weight excluding hydrogens is 224 g/mol. The first-order valence-electron chi connectivity index (χ1n) is 3.76. The highest BCUT2D eigenvalue weighted by molar-refractivity contribution is 9.10. The van der Waals surface area contributed by atoms with Crippen LogP contribution in [0.5, 0.6) is 0 Å². The van der Waals surface area contributed by atoms with E-state index >= 15 is 0 Å². The number of rotatable bonds is 1. The summed E-state index contributed by atoms with van der Waals surface area (Å²) >= 11 is 3.30. The Morgan fingerprint density at radius 2 is 2.42 bits per heavy atom. The van der Waals surface area contributed by atoms with Crippen LogP contribution in [0.25, 0.3) is 0 Å². The maximum absolute atomic E-state index is 9.98. The second-order valence-corrected chi connectivity index (χ2v) is 3.79. The number of aliphatic hydroxyl groups is 1. The number of furan rings is 1. The first-order valence-corrected chi connectivity index (χ1v) is 4.55. The second kappa shape index (κ2) is 2.87. The lowest BCUT2D eigenvalue weighted by Crippen LogP contribution is -2.25. The molecular formula is C8H9BrO3. The Morgan fingerprint density at radius 3 is 2.92 bits per heavy atom. The minimum absolute atomic E-state index is 0.319. The van der Waals surface area contributed by atoms with Gasteiger partial charge in [-0.3, -0.25) is 0 Å². The topological polar surface area (TPSA) is 42.6 Å². The predicted molar refractivity (Wildman–Crippen MR) is 45.7 cm³/mol. The number of halogens is 1. The molecule has 0 bridgehead atoms. The van der Waals surface area contributed by atoms with E-state index < -0.39 is 5.60 Å². The van der Waals surface area contributed by atoms with Gasteiger partial charge in [-0.05, 0) is 22.0 Å². The maximum Gasteiger partial charge on any atom is 0.151 e. The van der Waals surface area contributed by atoms with Crippen molar-refractivity contribution in [3.63, 3.8) is 0 Å². The van der Waals surface area contributed by atoms with Crippen LogP contribution in [0.15, 0.2) is 21.2 Å². The Hall–Kier alpha value is -0.320. The molecule has 1 unspecified atom stereocenters. The summed E-state index contributed by atoms with van der Waals surface area (Å²) in [6.45, 7) is 0.906. The van der Waals surface area contributed by atoms with Gasteiger partial charge in [0.1, 0.15) is 5.60 Å². The third-order valence-corrected chi connectivity index (χ3v) is 2.67. The Balaban J connectivity index is 2.34. The van der Waals surface area contributed by atoms with Gasteiger partial charge < -0.3 is 14.3 Å². The fourth-order valence-corrected chi connectivity index (χ4v) is 1.93. The molecule has 0 spiro atoms. The molecule has 3 nitrogen and oxygen atoms in total. The largest absolute Gasteiger partial charge is 0.465 e. The van der Waals surface area contributed by atoms with Gasteiger partial charge in [0.2, 0.25) is 0 Å². The van der Waals surface area contributed by atoms with Crippen molar-refractivity contribution < 1.29 is 14.3 Å². The molecule has 0 aliphatic carbocycles. The molecule has 2 rings (SSSR count). The average Bonchev–Trinajstić information content (AvgIpc) is 2.59. The van der Waals surface area contributed by atoms with E-state index in [1.165, 1.54) is 0 Å². The number of hydrogen-bond donors (Lipinski definition) is 1. The summed E-state index contributed by atoms with van der Waals surface area (Å²) in [4.78, 5) is 0. The van der Waals surface area contributed by atoms with E-state index in [0.717, 1.165) is 4.47 Å². The van der Waals surface area contributed by atoms with Crippen LogP contribution < -0.4 is 0 Å². The summed E-state index contributed by atoms with van der Waals surface area (Å²) in [6, 6.07) is 1.77. The minimum atomic E-state index is -0.928. The van der Waals surface area contributed by atoms with Crippen molar-refractivity contribution in [1.29, 1.82) is 0 Å². The molecule has 1 aliphatic rings. The first-order chi connectivity index (χ1) is 5.72. The zero-order valence-electron chi connectivity index (χ0n) is 6.42. The molecule has 1 aromatic rings. The van der Waals surface area contributed by atoms with Gasteiger partial charge in [0.05, 0.1) is 23.9 Å². The van der Waals surface area contributed by atoms with Crippen LogP contribution >= 0.6 is 15.9 Å². The lowest BCUT2D eigenvalue weighted by atomic mass is 10.0. The zero-order chi connectivity index (χ0) is 8.60. The lowest BCUT2D eigenvalue weighted by molar-refractivity contribution is 0.00377. The summed E-state index contributed by atoms with van der Waals surface area (Å²) in [5.41, 5.74) is -0.928. The van der Waals surface area contributed by atoms with Crippen LogP contribution in [0.4, 0.5) is 0 Å². The van der Waals surface area contributed by atoms with Crippen molar-refractivity contribution in [1.82, 2.24) is 0 Å². The summed E-state index contributed by atoms with van der Waals surface area (Å²) in [5.74, 6) is 0.569. The molecule has 0 amide bonds. The Labute approximate surface area is 78.5 Å².